The van der Waals surface area contributed by atoms with Crippen molar-refractivity contribution < 1.29 is 14.3 Å². The first-order valence-electron chi connectivity index (χ1n) is 7.91. The zero-order chi connectivity index (χ0) is 16.5. The lowest BCUT2D eigenvalue weighted by atomic mass is 10.1. The molecule has 0 saturated carbocycles. The highest BCUT2D eigenvalue weighted by Gasteiger charge is 2.21. The zero-order valence-corrected chi connectivity index (χ0v) is 13.5. The molecule has 6 nitrogen and oxygen atoms in total. The van der Waals surface area contributed by atoms with Crippen molar-refractivity contribution in [2.24, 2.45) is 0 Å². The van der Waals surface area contributed by atoms with E-state index in [1.165, 1.54) is 7.11 Å². The number of ether oxygens (including phenoxy) is 1. The van der Waals surface area contributed by atoms with Crippen LogP contribution < -0.4 is 10.6 Å². The van der Waals surface area contributed by atoms with Gasteiger partial charge in [-0.15, -0.1) is 0 Å². The molecule has 6 heteroatoms. The van der Waals surface area contributed by atoms with Gasteiger partial charge >= 0.3 is 12.0 Å². The van der Waals surface area contributed by atoms with E-state index in [4.69, 9.17) is 4.74 Å². The smallest absolute Gasteiger partial charge is 0.319 e. The van der Waals surface area contributed by atoms with Crippen molar-refractivity contribution in [1.29, 1.82) is 0 Å². The molecule has 0 bridgehead atoms. The summed E-state index contributed by atoms with van der Waals surface area (Å²) < 4.78 is 4.73. The summed E-state index contributed by atoms with van der Waals surface area (Å²) in [6, 6.07) is 8.64. The molecule has 1 fully saturated rings. The van der Waals surface area contributed by atoms with Crippen LogP contribution in [-0.4, -0.2) is 49.7 Å². The Morgan fingerprint density at radius 3 is 2.57 bits per heavy atom. The molecule has 0 aliphatic carbocycles. The van der Waals surface area contributed by atoms with Crippen LogP contribution in [0.15, 0.2) is 30.3 Å². The van der Waals surface area contributed by atoms with E-state index < -0.39 is 0 Å². The van der Waals surface area contributed by atoms with E-state index in [1.807, 2.05) is 30.3 Å². The fourth-order valence-corrected chi connectivity index (χ4v) is 2.62. The third kappa shape index (κ3) is 6.28. The van der Waals surface area contributed by atoms with Crippen LogP contribution in [0.4, 0.5) is 10.5 Å². The lowest BCUT2D eigenvalue weighted by molar-refractivity contribution is -0.141. The highest BCUT2D eigenvalue weighted by Crippen LogP contribution is 2.10. The fraction of sp³-hybridized carbons (Fsp3) is 0.471. The second-order valence-corrected chi connectivity index (χ2v) is 5.61. The Morgan fingerprint density at radius 1 is 1.22 bits per heavy atom. The maximum atomic E-state index is 12.1. The number of amides is 2. The van der Waals surface area contributed by atoms with Crippen molar-refractivity contribution >= 4 is 17.7 Å². The molecule has 2 amide bonds. The Balaban J connectivity index is 1.89. The van der Waals surface area contributed by atoms with Crippen LogP contribution in [0.3, 0.4) is 0 Å². The number of nitrogens with zero attached hydrogens (tertiary/aromatic N) is 1. The van der Waals surface area contributed by atoms with E-state index in [1.54, 1.807) is 0 Å². The molecule has 1 aromatic rings. The minimum atomic E-state index is -0.321. The molecular weight excluding hydrogens is 294 g/mol. The summed E-state index contributed by atoms with van der Waals surface area (Å²) in [6.45, 7) is 2.56. The normalized spacial score (nSPS) is 16.4. The van der Waals surface area contributed by atoms with Gasteiger partial charge < -0.3 is 20.3 Å². The molecule has 125 valence electrons. The molecule has 2 rings (SSSR count). The molecule has 1 aliphatic heterocycles. The fourth-order valence-electron chi connectivity index (χ4n) is 2.62. The third-order valence-corrected chi connectivity index (χ3v) is 3.79. The standard InChI is InChI=1S/C17H24N3O3/c1-23-16(21)12-15(13-20-10-6-3-7-11-20)19-17(22)18-14-8-4-2-5-9-14/h2-5,8-9,15H,6-7,10-13H2,1H3,(H2,18,19,22). The number of benzene rings is 1. The molecule has 1 aromatic carbocycles. The first-order chi connectivity index (χ1) is 11.2. The minimum Gasteiger partial charge on any atom is -0.469 e. The Bertz CT molecular complexity index is 501. The van der Waals surface area contributed by atoms with E-state index >= 15 is 0 Å². The van der Waals surface area contributed by atoms with E-state index in [0.29, 0.717) is 6.54 Å². The molecule has 2 N–H and O–H groups in total. The Hall–Kier alpha value is -2.08. The Labute approximate surface area is 137 Å². The molecule has 1 heterocycles. The number of esters is 1. The number of rotatable bonds is 6. The van der Waals surface area contributed by atoms with Crippen LogP contribution in [0, 0.1) is 6.42 Å². The summed E-state index contributed by atoms with van der Waals surface area (Å²) in [5.41, 5.74) is 0.717. The quantitative estimate of drug-likeness (QED) is 0.788. The maximum Gasteiger partial charge on any atom is 0.319 e. The minimum absolute atomic E-state index is 0.166. The number of urea groups is 1. The highest BCUT2D eigenvalue weighted by atomic mass is 16.5. The number of likely N-dealkylation sites (tertiary alicyclic amines) is 1. The van der Waals surface area contributed by atoms with Gasteiger partial charge in [0.25, 0.3) is 0 Å². The van der Waals surface area contributed by atoms with Crippen LogP contribution in [0.5, 0.6) is 0 Å². The van der Waals surface area contributed by atoms with Crippen molar-refractivity contribution in [2.75, 3.05) is 32.1 Å². The van der Waals surface area contributed by atoms with Gasteiger partial charge in [-0.25, -0.2) is 4.79 Å². The number of para-hydroxylation sites is 1. The van der Waals surface area contributed by atoms with E-state index in [-0.39, 0.29) is 24.5 Å². The molecule has 1 saturated heterocycles. The summed E-state index contributed by atoms with van der Waals surface area (Å²) in [4.78, 5) is 26.0. The van der Waals surface area contributed by atoms with Gasteiger partial charge in [0.05, 0.1) is 19.6 Å². The maximum absolute atomic E-state index is 12.1. The summed E-state index contributed by atoms with van der Waals surface area (Å²) in [5, 5.41) is 5.65. The number of hydrogen-bond acceptors (Lipinski definition) is 4. The van der Waals surface area contributed by atoms with Gasteiger partial charge in [0.15, 0.2) is 0 Å². The van der Waals surface area contributed by atoms with Crippen molar-refractivity contribution in [3.05, 3.63) is 36.8 Å². The molecule has 1 atom stereocenters. The number of nitrogens with one attached hydrogen (secondary N) is 2. The van der Waals surface area contributed by atoms with Crippen molar-refractivity contribution in [1.82, 2.24) is 10.2 Å². The van der Waals surface area contributed by atoms with Crippen molar-refractivity contribution in [3.63, 3.8) is 0 Å². The summed E-state index contributed by atoms with van der Waals surface area (Å²) in [7, 11) is 1.36. The van der Waals surface area contributed by atoms with Crippen LogP contribution in [0.1, 0.15) is 19.3 Å². The van der Waals surface area contributed by atoms with Gasteiger partial charge in [0.2, 0.25) is 0 Å². The summed E-state index contributed by atoms with van der Waals surface area (Å²) in [6.07, 6.45) is 4.52. The number of carbonyl (C=O) groups excluding carboxylic acids is 2. The lowest BCUT2D eigenvalue weighted by Gasteiger charge is -2.30. The number of anilines is 1. The highest BCUT2D eigenvalue weighted by molar-refractivity contribution is 5.89. The molecule has 0 spiro atoms. The Morgan fingerprint density at radius 2 is 1.91 bits per heavy atom. The first kappa shape index (κ1) is 17.3. The molecule has 1 radical (unpaired) electrons. The van der Waals surface area contributed by atoms with E-state index in [0.717, 1.165) is 31.6 Å². The van der Waals surface area contributed by atoms with Crippen LogP contribution in [-0.2, 0) is 9.53 Å². The van der Waals surface area contributed by atoms with Crippen LogP contribution >= 0.6 is 0 Å². The SMILES string of the molecule is COC(=O)CC(CN1CC[CH]CC1)NC(=O)Nc1ccccc1. The van der Waals surface area contributed by atoms with Gasteiger partial charge in [-0.2, -0.15) is 0 Å². The van der Waals surface area contributed by atoms with Crippen molar-refractivity contribution in [3.8, 4) is 0 Å². The van der Waals surface area contributed by atoms with E-state index in [9.17, 15) is 9.59 Å². The number of carbonyl (C=O) groups is 2. The van der Waals surface area contributed by atoms with Gasteiger partial charge in [-0.05, 0) is 44.5 Å². The number of hydrogen-bond donors (Lipinski definition) is 2. The lowest BCUT2D eigenvalue weighted by Crippen LogP contribution is -2.47. The van der Waals surface area contributed by atoms with Gasteiger partial charge in [0.1, 0.15) is 0 Å². The van der Waals surface area contributed by atoms with Gasteiger partial charge in [-0.3, -0.25) is 4.79 Å². The summed E-state index contributed by atoms with van der Waals surface area (Å²) in [5.74, 6) is -0.321. The zero-order valence-electron chi connectivity index (χ0n) is 13.5. The van der Waals surface area contributed by atoms with Crippen molar-refractivity contribution in [2.45, 2.75) is 25.3 Å². The number of methoxy groups -OCH3 is 1. The average molecular weight is 318 g/mol. The first-order valence-corrected chi connectivity index (χ1v) is 7.91. The monoisotopic (exact) mass is 318 g/mol. The van der Waals surface area contributed by atoms with Crippen LogP contribution in [0.2, 0.25) is 0 Å². The number of piperidine rings is 1. The van der Waals surface area contributed by atoms with Crippen LogP contribution in [0.25, 0.3) is 0 Å². The predicted molar refractivity (Wildman–Crippen MR) is 89.0 cm³/mol. The third-order valence-electron chi connectivity index (χ3n) is 3.79. The van der Waals surface area contributed by atoms with Gasteiger partial charge in [0, 0.05) is 12.2 Å². The molecule has 1 aliphatic rings. The van der Waals surface area contributed by atoms with E-state index in [2.05, 4.69) is 22.0 Å². The average Bonchev–Trinajstić information content (AvgIpc) is 2.56. The summed E-state index contributed by atoms with van der Waals surface area (Å²) >= 11 is 0. The topological polar surface area (TPSA) is 70.7 Å². The largest absolute Gasteiger partial charge is 0.469 e. The predicted octanol–water partition coefficient (Wildman–Crippen LogP) is 2.04. The second-order valence-electron chi connectivity index (χ2n) is 5.61. The van der Waals surface area contributed by atoms with Gasteiger partial charge in [-0.1, -0.05) is 18.2 Å². The molecule has 23 heavy (non-hydrogen) atoms. The Kier molecular flexibility index (Phi) is 6.87. The molecular formula is C17H24N3O3. The molecule has 1 unspecified atom stereocenters. The molecule has 0 aromatic heterocycles. The second kappa shape index (κ2) is 9.15.